The molecule has 366 valence electrons. The van der Waals surface area contributed by atoms with Crippen molar-refractivity contribution in [3.8, 4) is 79.5 Å². The second-order valence-electron chi connectivity index (χ2n) is 18.3. The van der Waals surface area contributed by atoms with Crippen LogP contribution in [0.15, 0.2) is 211 Å². The molecule has 0 aliphatic carbocycles. The summed E-state index contributed by atoms with van der Waals surface area (Å²) in [6.45, 7) is 8.23. The first-order valence-corrected chi connectivity index (χ1v) is 25.3. The summed E-state index contributed by atoms with van der Waals surface area (Å²) in [4.78, 5) is 28.6. The molecule has 1 saturated heterocycles. The van der Waals surface area contributed by atoms with Crippen molar-refractivity contribution >= 4 is 63.1 Å². The number of aromatic nitrogens is 6. The number of nitrogens with zero attached hydrogens (tertiary/aromatic N) is 6. The number of benzene rings is 8. The van der Waals surface area contributed by atoms with E-state index in [1.54, 1.807) is 24.3 Å². The van der Waals surface area contributed by atoms with Crippen molar-refractivity contribution in [1.82, 2.24) is 29.9 Å². The summed E-state index contributed by atoms with van der Waals surface area (Å²) in [6, 6.07) is 66.6. The molecule has 3 heterocycles. The average molecular weight is 1080 g/mol. The molecule has 0 radical (unpaired) electrons. The van der Waals surface area contributed by atoms with Crippen LogP contribution >= 0.6 is 39.1 Å². The number of nitrogen functional groups attached to an aromatic ring is 2. The lowest BCUT2D eigenvalue weighted by atomic mass is 9.79. The Balaban J connectivity index is 0.000000156. The average Bonchev–Trinajstić information content (AvgIpc) is 3.66. The summed E-state index contributed by atoms with van der Waals surface area (Å²) in [7, 11) is -0.401. The molecule has 0 saturated carbocycles. The van der Waals surface area contributed by atoms with Crippen LogP contribution in [0.5, 0.6) is 0 Å². The van der Waals surface area contributed by atoms with E-state index in [1.807, 2.05) is 182 Å². The Morgan fingerprint density at radius 1 is 0.378 bits per heavy atom. The monoisotopic (exact) mass is 1070 g/mol. The molecule has 0 unspecified atom stereocenters. The number of anilines is 2. The van der Waals surface area contributed by atoms with Crippen LogP contribution in [0.4, 0.5) is 11.4 Å². The molecule has 0 bridgehead atoms. The van der Waals surface area contributed by atoms with Crippen molar-refractivity contribution in [2.45, 2.75) is 38.9 Å². The fourth-order valence-electron chi connectivity index (χ4n) is 7.72. The van der Waals surface area contributed by atoms with Gasteiger partial charge in [-0.25, -0.2) is 29.9 Å². The summed E-state index contributed by atoms with van der Waals surface area (Å²) in [5.41, 5.74) is 20.7. The molecular weight excluding hydrogens is 1030 g/mol. The van der Waals surface area contributed by atoms with Crippen LogP contribution in [0, 0.1) is 0 Å². The summed E-state index contributed by atoms with van der Waals surface area (Å²) < 4.78 is 13.2. The number of nitrogens with two attached hydrogens (primary N) is 2. The van der Waals surface area contributed by atoms with E-state index in [2.05, 4.69) is 43.6 Å². The topological polar surface area (TPSA) is 148 Å². The molecular formula is C60H50BBrCl2N8O2. The molecule has 10 aromatic rings. The molecule has 1 aliphatic heterocycles. The molecule has 4 N–H and O–H groups in total. The lowest BCUT2D eigenvalue weighted by Gasteiger charge is -2.32. The van der Waals surface area contributed by atoms with Gasteiger partial charge < -0.3 is 20.8 Å². The van der Waals surface area contributed by atoms with E-state index in [9.17, 15) is 0 Å². The first kappa shape index (κ1) is 51.3. The SMILES string of the molecule is CC1(C)OB(c2ccc(-c3nc(-c4ccccc4)nc(-c4ccccc4)n3)cc2)OC1(C)C.Nc1ccc(Cl)cc1-c1ccc(-c2nc(-c3ccccc3)nc(-c3ccccc3)n2)cc1.Nc1ccc(Cl)cc1Br. The molecule has 10 nitrogen and oxygen atoms in total. The summed E-state index contributed by atoms with van der Waals surface area (Å²) in [5, 5.41) is 1.34. The Hall–Kier alpha value is -7.58. The highest BCUT2D eigenvalue weighted by Crippen LogP contribution is 2.37. The highest BCUT2D eigenvalue weighted by Gasteiger charge is 2.51. The minimum absolute atomic E-state index is 0.375. The van der Waals surface area contributed by atoms with Crippen molar-refractivity contribution < 1.29 is 9.31 Å². The third kappa shape index (κ3) is 12.3. The number of hydrogen-bond donors (Lipinski definition) is 2. The Labute approximate surface area is 450 Å². The first-order valence-electron chi connectivity index (χ1n) is 23.8. The van der Waals surface area contributed by atoms with Gasteiger partial charge in [0.25, 0.3) is 0 Å². The number of rotatable bonds is 8. The normalized spacial score (nSPS) is 13.3. The highest BCUT2D eigenvalue weighted by molar-refractivity contribution is 9.10. The fraction of sp³-hybridized carbons (Fsp3) is 0.100. The molecule has 1 fully saturated rings. The zero-order valence-electron chi connectivity index (χ0n) is 41.0. The molecule has 14 heteroatoms. The highest BCUT2D eigenvalue weighted by atomic mass is 79.9. The van der Waals surface area contributed by atoms with Gasteiger partial charge in [-0.15, -0.1) is 0 Å². The van der Waals surface area contributed by atoms with Gasteiger partial charge in [0.2, 0.25) is 0 Å². The van der Waals surface area contributed by atoms with Gasteiger partial charge in [-0.05, 0) is 91.0 Å². The van der Waals surface area contributed by atoms with Gasteiger partial charge in [0.1, 0.15) is 0 Å². The van der Waals surface area contributed by atoms with Gasteiger partial charge in [0.05, 0.1) is 11.2 Å². The van der Waals surface area contributed by atoms with Gasteiger partial charge in [0, 0.05) is 64.8 Å². The van der Waals surface area contributed by atoms with Gasteiger partial charge in [-0.2, -0.15) is 0 Å². The van der Waals surface area contributed by atoms with E-state index in [-0.39, 0.29) is 11.2 Å². The van der Waals surface area contributed by atoms with Crippen LogP contribution in [0.3, 0.4) is 0 Å². The summed E-state index contributed by atoms with van der Waals surface area (Å²) in [6.07, 6.45) is 0. The molecule has 74 heavy (non-hydrogen) atoms. The molecule has 2 aromatic heterocycles. The van der Waals surface area contributed by atoms with Crippen LogP contribution in [-0.4, -0.2) is 48.2 Å². The van der Waals surface area contributed by atoms with Gasteiger partial charge >= 0.3 is 7.12 Å². The Bertz CT molecular complexity index is 3380. The van der Waals surface area contributed by atoms with Crippen molar-refractivity contribution in [2.75, 3.05) is 11.5 Å². The Kier molecular flexibility index (Phi) is 15.7. The molecule has 0 spiro atoms. The lowest BCUT2D eigenvalue weighted by molar-refractivity contribution is 0.00578. The second kappa shape index (κ2) is 22.7. The summed E-state index contributed by atoms with van der Waals surface area (Å²) in [5.74, 6) is 3.81. The number of hydrogen-bond acceptors (Lipinski definition) is 10. The molecule has 8 aromatic carbocycles. The van der Waals surface area contributed by atoms with E-state index < -0.39 is 7.12 Å². The largest absolute Gasteiger partial charge is 0.494 e. The van der Waals surface area contributed by atoms with Crippen molar-refractivity contribution in [2.24, 2.45) is 0 Å². The second-order valence-corrected chi connectivity index (χ2v) is 20.0. The van der Waals surface area contributed by atoms with Gasteiger partial charge in [-0.3, -0.25) is 0 Å². The number of halogens is 3. The van der Waals surface area contributed by atoms with Crippen molar-refractivity contribution in [3.63, 3.8) is 0 Å². The van der Waals surface area contributed by atoms with Crippen LogP contribution < -0.4 is 16.9 Å². The van der Waals surface area contributed by atoms with Crippen LogP contribution in [0.2, 0.25) is 10.0 Å². The maximum absolute atomic E-state index is 6.19. The first-order chi connectivity index (χ1) is 35.7. The predicted octanol–water partition coefficient (Wildman–Crippen LogP) is 14.6. The lowest BCUT2D eigenvalue weighted by Crippen LogP contribution is -2.41. The minimum Gasteiger partial charge on any atom is -0.399 e. The van der Waals surface area contributed by atoms with Crippen LogP contribution in [0.1, 0.15) is 27.7 Å². The minimum atomic E-state index is -0.401. The summed E-state index contributed by atoms with van der Waals surface area (Å²) >= 11 is 15.0. The zero-order valence-corrected chi connectivity index (χ0v) is 44.1. The Morgan fingerprint density at radius 3 is 1.01 bits per heavy atom. The Morgan fingerprint density at radius 2 is 0.676 bits per heavy atom. The van der Waals surface area contributed by atoms with E-state index >= 15 is 0 Å². The predicted molar refractivity (Wildman–Crippen MR) is 306 cm³/mol. The third-order valence-electron chi connectivity index (χ3n) is 12.5. The molecule has 1 aliphatic rings. The standard InChI is InChI=1S/C27H26BN3O2.C27H19ClN4.C6H5BrClN/c1-26(2)27(3,4)33-28(32-26)22-17-15-21(16-18-22)25-30-23(19-11-7-5-8-12-19)29-24(31-25)20-13-9-6-10-14-20;28-22-15-16-24(29)23(17-22)18-11-13-21(14-12-18)27-31-25(19-7-3-1-4-8-19)30-26(32-27)20-9-5-2-6-10-20;7-5-3-4(8)1-2-6(5)9/h5-18H,1-4H3;1-17H,29H2;1-3H,9H2. The molecule has 0 atom stereocenters. The van der Waals surface area contributed by atoms with Gasteiger partial charge in [0.15, 0.2) is 34.9 Å². The fourth-order valence-corrected chi connectivity index (χ4v) is 8.58. The maximum atomic E-state index is 6.19. The van der Waals surface area contributed by atoms with Crippen LogP contribution in [0.25, 0.3) is 79.5 Å². The maximum Gasteiger partial charge on any atom is 0.494 e. The van der Waals surface area contributed by atoms with E-state index in [4.69, 9.17) is 73.9 Å². The van der Waals surface area contributed by atoms with E-state index in [0.717, 1.165) is 54.4 Å². The van der Waals surface area contributed by atoms with E-state index in [0.29, 0.717) is 56.4 Å². The molecule has 0 amide bonds. The van der Waals surface area contributed by atoms with E-state index in [1.165, 1.54) is 0 Å². The zero-order chi connectivity index (χ0) is 51.8. The van der Waals surface area contributed by atoms with Crippen LogP contribution in [-0.2, 0) is 9.31 Å². The molecule has 11 rings (SSSR count). The smallest absolute Gasteiger partial charge is 0.399 e. The quantitative estimate of drug-likeness (QED) is 0.111. The third-order valence-corrected chi connectivity index (χ3v) is 13.7. The van der Waals surface area contributed by atoms with Crippen molar-refractivity contribution in [1.29, 1.82) is 0 Å². The van der Waals surface area contributed by atoms with Crippen molar-refractivity contribution in [3.05, 3.63) is 221 Å². The van der Waals surface area contributed by atoms with Gasteiger partial charge in [-0.1, -0.05) is 193 Å².